The van der Waals surface area contributed by atoms with Crippen LogP contribution in [0.25, 0.3) is 0 Å². The van der Waals surface area contributed by atoms with Crippen molar-refractivity contribution in [3.05, 3.63) is 35.9 Å². The second-order valence-electron chi connectivity index (χ2n) is 5.48. The van der Waals surface area contributed by atoms with E-state index < -0.39 is 0 Å². The Balaban J connectivity index is 2.13. The number of benzene rings is 1. The van der Waals surface area contributed by atoms with E-state index >= 15 is 0 Å². The first-order chi connectivity index (χ1) is 9.77. The highest BCUT2D eigenvalue weighted by molar-refractivity contribution is 5.84. The molecule has 20 heavy (non-hydrogen) atoms. The molecule has 0 radical (unpaired) electrons. The first-order valence-electron chi connectivity index (χ1n) is 7.84. The van der Waals surface area contributed by atoms with Crippen molar-refractivity contribution < 1.29 is 4.79 Å². The molecule has 1 heterocycles. The number of hydrogen-bond donors (Lipinski definition) is 1. The van der Waals surface area contributed by atoms with Crippen molar-refractivity contribution in [2.45, 2.75) is 45.1 Å². The third-order valence-electron chi connectivity index (χ3n) is 4.28. The fourth-order valence-electron chi connectivity index (χ4n) is 3.15. The van der Waals surface area contributed by atoms with Crippen molar-refractivity contribution in [2.24, 2.45) is 0 Å². The number of rotatable bonds is 5. The third kappa shape index (κ3) is 3.40. The fourth-order valence-corrected chi connectivity index (χ4v) is 3.15. The van der Waals surface area contributed by atoms with Crippen LogP contribution in [0.5, 0.6) is 0 Å². The molecular formula is C17H26N2O. The molecule has 1 aromatic carbocycles. The smallest absolute Gasteiger partial charge is 0.230 e. The van der Waals surface area contributed by atoms with Crippen LogP contribution in [0.15, 0.2) is 30.3 Å². The van der Waals surface area contributed by atoms with Gasteiger partial charge in [0.15, 0.2) is 0 Å². The molecule has 0 bridgehead atoms. The monoisotopic (exact) mass is 274 g/mol. The molecule has 2 rings (SSSR count). The Morgan fingerprint density at radius 3 is 2.45 bits per heavy atom. The topological polar surface area (TPSA) is 32.3 Å². The first kappa shape index (κ1) is 15.0. The lowest BCUT2D eigenvalue weighted by molar-refractivity contribution is -0.135. The van der Waals surface area contributed by atoms with Gasteiger partial charge in [-0.2, -0.15) is 0 Å². The maximum Gasteiger partial charge on any atom is 0.230 e. The minimum Gasteiger partial charge on any atom is -0.339 e. The fraction of sp³-hybridized carbons (Fsp3) is 0.588. The molecule has 1 aromatic rings. The SMILES string of the molecule is CCC(C(=O)N(CC)C1CCNCC1)c1ccccc1. The predicted octanol–water partition coefficient (Wildman–Crippen LogP) is 2.78. The van der Waals surface area contributed by atoms with Crippen molar-refractivity contribution in [1.82, 2.24) is 10.2 Å². The van der Waals surface area contributed by atoms with Gasteiger partial charge in [-0.15, -0.1) is 0 Å². The quantitative estimate of drug-likeness (QED) is 0.895. The van der Waals surface area contributed by atoms with Crippen LogP contribution in [0, 0.1) is 0 Å². The molecule has 1 atom stereocenters. The zero-order chi connectivity index (χ0) is 14.4. The van der Waals surface area contributed by atoms with Gasteiger partial charge in [-0.1, -0.05) is 37.3 Å². The second-order valence-corrected chi connectivity index (χ2v) is 5.48. The van der Waals surface area contributed by atoms with Gasteiger partial charge in [-0.3, -0.25) is 4.79 Å². The normalized spacial score (nSPS) is 17.7. The summed E-state index contributed by atoms with van der Waals surface area (Å²) in [6.45, 7) is 7.06. The summed E-state index contributed by atoms with van der Waals surface area (Å²) in [5, 5.41) is 3.37. The summed E-state index contributed by atoms with van der Waals surface area (Å²) in [4.78, 5) is 15.0. The molecule has 0 spiro atoms. The molecule has 1 fully saturated rings. The number of piperidine rings is 1. The van der Waals surface area contributed by atoms with E-state index in [1.165, 1.54) is 0 Å². The van der Waals surface area contributed by atoms with Crippen LogP contribution in [0.4, 0.5) is 0 Å². The Morgan fingerprint density at radius 1 is 1.25 bits per heavy atom. The van der Waals surface area contributed by atoms with Gasteiger partial charge < -0.3 is 10.2 Å². The summed E-state index contributed by atoms with van der Waals surface area (Å²) < 4.78 is 0. The van der Waals surface area contributed by atoms with Gasteiger partial charge >= 0.3 is 0 Å². The van der Waals surface area contributed by atoms with Gasteiger partial charge in [-0.25, -0.2) is 0 Å². The van der Waals surface area contributed by atoms with E-state index in [1.807, 2.05) is 18.2 Å². The molecule has 3 heteroatoms. The molecule has 0 saturated carbocycles. The number of nitrogens with zero attached hydrogens (tertiary/aromatic N) is 1. The lowest BCUT2D eigenvalue weighted by Gasteiger charge is -2.36. The molecule has 1 aliphatic heterocycles. The summed E-state index contributed by atoms with van der Waals surface area (Å²) in [6.07, 6.45) is 3.01. The minimum atomic E-state index is 0.00559. The van der Waals surface area contributed by atoms with Crippen molar-refractivity contribution in [3.8, 4) is 0 Å². The predicted molar refractivity (Wildman–Crippen MR) is 82.8 cm³/mol. The van der Waals surface area contributed by atoms with Gasteiger partial charge in [-0.05, 0) is 44.8 Å². The van der Waals surface area contributed by atoms with E-state index in [4.69, 9.17) is 0 Å². The zero-order valence-corrected chi connectivity index (χ0v) is 12.6. The number of likely N-dealkylation sites (N-methyl/N-ethyl adjacent to an activating group) is 1. The average molecular weight is 274 g/mol. The Bertz CT molecular complexity index is 412. The average Bonchev–Trinajstić information content (AvgIpc) is 2.51. The molecule has 1 amide bonds. The maximum absolute atomic E-state index is 12.9. The number of hydrogen-bond acceptors (Lipinski definition) is 2. The number of carbonyl (C=O) groups is 1. The number of nitrogens with one attached hydrogen (secondary N) is 1. The van der Waals surface area contributed by atoms with Crippen LogP contribution in [0.2, 0.25) is 0 Å². The van der Waals surface area contributed by atoms with Gasteiger partial charge in [0.05, 0.1) is 5.92 Å². The van der Waals surface area contributed by atoms with Crippen LogP contribution in [0.3, 0.4) is 0 Å². The molecule has 1 N–H and O–H groups in total. The second kappa shape index (κ2) is 7.44. The lowest BCUT2D eigenvalue weighted by atomic mass is 9.93. The van der Waals surface area contributed by atoms with E-state index in [2.05, 4.69) is 36.2 Å². The molecular weight excluding hydrogens is 248 g/mol. The summed E-state index contributed by atoms with van der Waals surface area (Å²) in [5.41, 5.74) is 1.15. The molecule has 1 unspecified atom stereocenters. The van der Waals surface area contributed by atoms with Crippen LogP contribution < -0.4 is 5.32 Å². The first-order valence-corrected chi connectivity index (χ1v) is 7.84. The Labute approximate surface area is 122 Å². The van der Waals surface area contributed by atoms with E-state index in [0.717, 1.165) is 44.5 Å². The summed E-state index contributed by atoms with van der Waals surface area (Å²) in [5.74, 6) is 0.305. The summed E-state index contributed by atoms with van der Waals surface area (Å²) in [6, 6.07) is 10.6. The number of amides is 1. The Morgan fingerprint density at radius 2 is 1.90 bits per heavy atom. The molecule has 1 saturated heterocycles. The van der Waals surface area contributed by atoms with Crippen LogP contribution in [-0.2, 0) is 4.79 Å². The van der Waals surface area contributed by atoms with E-state index in [9.17, 15) is 4.79 Å². The summed E-state index contributed by atoms with van der Waals surface area (Å²) in [7, 11) is 0. The highest BCUT2D eigenvalue weighted by atomic mass is 16.2. The van der Waals surface area contributed by atoms with Crippen molar-refractivity contribution in [2.75, 3.05) is 19.6 Å². The third-order valence-corrected chi connectivity index (χ3v) is 4.28. The van der Waals surface area contributed by atoms with Gasteiger partial charge in [0.25, 0.3) is 0 Å². The molecule has 3 nitrogen and oxygen atoms in total. The van der Waals surface area contributed by atoms with Crippen LogP contribution in [-0.4, -0.2) is 36.5 Å². The van der Waals surface area contributed by atoms with Crippen LogP contribution in [0.1, 0.15) is 44.6 Å². The standard InChI is InChI=1S/C17H26N2O/c1-3-16(14-8-6-5-7-9-14)17(20)19(4-2)15-10-12-18-13-11-15/h5-9,15-16,18H,3-4,10-13H2,1-2H3. The van der Waals surface area contributed by atoms with Crippen molar-refractivity contribution in [1.29, 1.82) is 0 Å². The molecule has 0 aromatic heterocycles. The highest BCUT2D eigenvalue weighted by Crippen LogP contribution is 2.24. The summed E-state index contributed by atoms with van der Waals surface area (Å²) >= 11 is 0. The van der Waals surface area contributed by atoms with E-state index in [0.29, 0.717) is 11.9 Å². The molecule has 0 aliphatic carbocycles. The molecule has 110 valence electrons. The van der Waals surface area contributed by atoms with Gasteiger partial charge in [0, 0.05) is 12.6 Å². The Hall–Kier alpha value is -1.35. The van der Waals surface area contributed by atoms with Gasteiger partial charge in [0.2, 0.25) is 5.91 Å². The molecule has 1 aliphatic rings. The zero-order valence-electron chi connectivity index (χ0n) is 12.6. The minimum absolute atomic E-state index is 0.00559. The van der Waals surface area contributed by atoms with Gasteiger partial charge in [0.1, 0.15) is 0 Å². The van der Waals surface area contributed by atoms with Crippen molar-refractivity contribution >= 4 is 5.91 Å². The van der Waals surface area contributed by atoms with E-state index in [1.54, 1.807) is 0 Å². The highest BCUT2D eigenvalue weighted by Gasteiger charge is 2.29. The largest absolute Gasteiger partial charge is 0.339 e. The maximum atomic E-state index is 12.9. The Kier molecular flexibility index (Phi) is 5.60. The number of carbonyl (C=O) groups excluding carboxylic acids is 1. The lowest BCUT2D eigenvalue weighted by Crippen LogP contribution is -2.47. The van der Waals surface area contributed by atoms with Crippen molar-refractivity contribution in [3.63, 3.8) is 0 Å². The van der Waals surface area contributed by atoms with Crippen LogP contribution >= 0.6 is 0 Å². The van der Waals surface area contributed by atoms with E-state index in [-0.39, 0.29) is 5.92 Å².